The summed E-state index contributed by atoms with van der Waals surface area (Å²) in [5, 5.41) is 32.9. The van der Waals surface area contributed by atoms with Crippen LogP contribution in [-0.2, 0) is 49.5 Å². The third-order valence-electron chi connectivity index (χ3n) is 13.2. The minimum absolute atomic E-state index is 0.0807. The van der Waals surface area contributed by atoms with Crippen molar-refractivity contribution in [2.75, 3.05) is 33.0 Å². The molecule has 362 valence electrons. The molecular weight excluding hydrogens is 844 g/mol. The summed E-state index contributed by atoms with van der Waals surface area (Å²) in [6.45, 7) is 18.0. The average molecular weight is 915 g/mol. The van der Waals surface area contributed by atoms with Crippen molar-refractivity contribution in [3.05, 3.63) is 41.3 Å². The average Bonchev–Trinajstić information content (AvgIpc) is 3.58. The number of carbonyl (C=O) groups excluding carboxylic acids is 3. The van der Waals surface area contributed by atoms with Crippen LogP contribution in [0.15, 0.2) is 34.5 Å². The van der Waals surface area contributed by atoms with Crippen LogP contribution in [0.1, 0.15) is 99.6 Å². The first-order chi connectivity index (χ1) is 30.4. The number of oxime groups is 1. The lowest BCUT2D eigenvalue weighted by Gasteiger charge is -2.47. The minimum atomic E-state index is -1.92. The first kappa shape index (κ1) is 51.8. The molecule has 4 heterocycles. The molecule has 2 aromatic rings. The van der Waals surface area contributed by atoms with Gasteiger partial charge >= 0.3 is 5.97 Å². The van der Waals surface area contributed by atoms with E-state index in [1.54, 1.807) is 66.8 Å². The Kier molecular flexibility index (Phi) is 16.9. The highest BCUT2D eigenvalue weighted by atomic mass is 19.1. The summed E-state index contributed by atoms with van der Waals surface area (Å²) in [6, 6.07) is 4.17. The molecule has 65 heavy (non-hydrogen) atoms. The van der Waals surface area contributed by atoms with Crippen molar-refractivity contribution in [3.63, 3.8) is 0 Å². The molecule has 0 radical (unpaired) electrons. The lowest BCUT2D eigenvalue weighted by molar-refractivity contribution is -0.296. The zero-order chi connectivity index (χ0) is 48.3. The number of likely N-dealkylation sites (N-methyl/N-ethyl adjacent to an activating group) is 1. The van der Waals surface area contributed by atoms with E-state index in [0.29, 0.717) is 23.6 Å². The third kappa shape index (κ3) is 11.7. The summed E-state index contributed by atoms with van der Waals surface area (Å²) < 4.78 is 49.6. The number of nitrogen functional groups attached to an aromatic ring is 1. The van der Waals surface area contributed by atoms with E-state index in [9.17, 15) is 24.6 Å². The lowest BCUT2D eigenvalue weighted by atomic mass is 9.73. The van der Waals surface area contributed by atoms with Gasteiger partial charge in [-0.1, -0.05) is 52.8 Å². The van der Waals surface area contributed by atoms with Gasteiger partial charge in [0.25, 0.3) is 0 Å². The van der Waals surface area contributed by atoms with Crippen LogP contribution in [0.3, 0.4) is 0 Å². The maximum absolute atomic E-state index is 15.5. The van der Waals surface area contributed by atoms with Gasteiger partial charge in [0.1, 0.15) is 47.7 Å². The Hall–Kier alpha value is -4.17. The topological polar surface area (TPSA) is 219 Å². The molecular formula is C47H71FN6O11. The van der Waals surface area contributed by atoms with Gasteiger partial charge in [0.15, 0.2) is 12.1 Å². The van der Waals surface area contributed by atoms with E-state index < -0.39 is 95.0 Å². The normalized spacial score (nSPS) is 35.8. The fourth-order valence-electron chi connectivity index (χ4n) is 9.28. The Bertz CT molecular complexity index is 2050. The van der Waals surface area contributed by atoms with Gasteiger partial charge in [-0.3, -0.25) is 14.4 Å². The number of benzene rings is 1. The second-order valence-electron chi connectivity index (χ2n) is 19.2. The van der Waals surface area contributed by atoms with E-state index in [0.717, 1.165) is 5.56 Å². The number of fused-ring (bicyclic) bond motifs is 5. The standard InChI is InChI=1S/C47H71FN6O11/c1-14-36-47(11,59)41-28(7)37(50-43(57)24(2)3)25(4)19-46(10,40(29(8)38(55)30(9)44(58)64-36)65-45-39(56)35(53(12)13)17-27(6)63-45)61-23-32(22-60-41)52-62-21-31-15-16-33(18-34(31)48)54-20-26(5)42(49)51-54/h15-16,18,20,24-25,27-30,35-36,39-41,45,56,59H,14,17,19,21-23H2,1-13H3,(H2,49,51)/b50-37?,52-32+/t25-,27-,28+,29+,30-,35+,36-,39-,40-,41+,45+,46-,47-/m1/s1. The number of rotatable bonds is 9. The molecule has 13 atom stereocenters. The number of amides is 1. The molecule has 17 nitrogen and oxygen atoms in total. The van der Waals surface area contributed by atoms with Crippen LogP contribution in [-0.4, -0.2) is 135 Å². The van der Waals surface area contributed by atoms with Crippen molar-refractivity contribution in [3.8, 4) is 5.69 Å². The molecule has 1 amide bonds. The number of ketones is 1. The number of aromatic nitrogens is 2. The van der Waals surface area contributed by atoms with Gasteiger partial charge in [-0.05, 0) is 86.0 Å². The van der Waals surface area contributed by atoms with Gasteiger partial charge in [-0.25, -0.2) is 14.1 Å². The van der Waals surface area contributed by atoms with Crippen LogP contribution < -0.4 is 5.73 Å². The summed E-state index contributed by atoms with van der Waals surface area (Å²) in [5.41, 5.74) is 4.46. The predicted molar refractivity (Wildman–Crippen MR) is 241 cm³/mol. The largest absolute Gasteiger partial charge is 0.459 e. The molecule has 3 aliphatic rings. The number of carbonyl (C=O) groups is 3. The highest BCUT2D eigenvalue weighted by Crippen LogP contribution is 2.40. The lowest BCUT2D eigenvalue weighted by Crippen LogP contribution is -2.60. The number of halogens is 1. The molecule has 3 aliphatic heterocycles. The number of hydrogen-bond donors (Lipinski definition) is 3. The van der Waals surface area contributed by atoms with Crippen molar-refractivity contribution < 1.29 is 57.5 Å². The predicted octanol–water partition coefficient (Wildman–Crippen LogP) is 4.97. The summed E-state index contributed by atoms with van der Waals surface area (Å²) >= 11 is 0. The van der Waals surface area contributed by atoms with Gasteiger partial charge in [0.05, 0.1) is 42.8 Å². The van der Waals surface area contributed by atoms with Gasteiger partial charge < -0.3 is 49.4 Å². The van der Waals surface area contributed by atoms with E-state index in [1.165, 1.54) is 24.6 Å². The second-order valence-corrected chi connectivity index (χ2v) is 19.2. The van der Waals surface area contributed by atoms with Crippen molar-refractivity contribution in [1.29, 1.82) is 0 Å². The Morgan fingerprint density at radius 2 is 1.82 bits per heavy atom. The SMILES string of the molecule is CC[C@H]1OC(=O)[C@H](C)C(=O)[C@H](C)[C@@H](O[C@@H]2O[C@H](C)C[C@H](N(C)C)[C@H]2O)[C@@]2(C)C[C@@H](C)C(=NC(=O)C(C)C)[C@H](C)[C@H](OC/C(=N\OCc3ccc(-n4cc(C)c(N)n4)cc3F)CO2)[C@]1(C)O. The zero-order valence-corrected chi connectivity index (χ0v) is 40.2. The second kappa shape index (κ2) is 21.2. The van der Waals surface area contributed by atoms with Crippen LogP contribution in [0.5, 0.6) is 0 Å². The van der Waals surface area contributed by atoms with Crippen LogP contribution in [0.4, 0.5) is 10.2 Å². The first-order valence-corrected chi connectivity index (χ1v) is 22.7. The number of cyclic esters (lactones) is 1. The molecule has 0 saturated carbocycles. The number of anilines is 1. The Labute approximate surface area is 382 Å². The van der Waals surface area contributed by atoms with Crippen LogP contribution in [0.25, 0.3) is 5.69 Å². The van der Waals surface area contributed by atoms with Gasteiger partial charge in [-0.2, -0.15) is 5.10 Å². The van der Waals surface area contributed by atoms with Gasteiger partial charge in [0.2, 0.25) is 5.91 Å². The maximum Gasteiger partial charge on any atom is 0.316 e. The first-order valence-electron chi connectivity index (χ1n) is 22.7. The van der Waals surface area contributed by atoms with E-state index in [1.807, 2.05) is 32.8 Å². The fraction of sp³-hybridized carbons (Fsp3) is 0.702. The molecule has 5 rings (SSSR count). The number of esters is 1. The van der Waals surface area contributed by atoms with Crippen LogP contribution in [0, 0.1) is 42.3 Å². The van der Waals surface area contributed by atoms with E-state index in [2.05, 4.69) is 15.2 Å². The molecule has 0 aliphatic carbocycles. The molecule has 18 heteroatoms. The highest BCUT2D eigenvalue weighted by molar-refractivity contribution is 6.00. The van der Waals surface area contributed by atoms with Crippen molar-refractivity contribution in [2.24, 2.45) is 39.7 Å². The van der Waals surface area contributed by atoms with E-state index in [4.69, 9.17) is 34.3 Å². The van der Waals surface area contributed by atoms with Crippen LogP contribution in [0.2, 0.25) is 0 Å². The molecule has 4 N–H and O–H groups in total. The summed E-state index contributed by atoms with van der Waals surface area (Å²) in [6.07, 6.45) is -3.87. The Morgan fingerprint density at radius 1 is 1.12 bits per heavy atom. The number of aliphatic hydroxyl groups is 2. The van der Waals surface area contributed by atoms with Gasteiger partial charge in [0, 0.05) is 46.8 Å². The van der Waals surface area contributed by atoms with Crippen molar-refractivity contribution in [2.45, 2.75) is 156 Å². The Morgan fingerprint density at radius 3 is 2.42 bits per heavy atom. The quantitative estimate of drug-likeness (QED) is 0.172. The molecule has 1 aromatic carbocycles. The third-order valence-corrected chi connectivity index (χ3v) is 13.2. The fourth-order valence-corrected chi connectivity index (χ4v) is 9.28. The molecule has 1 aromatic heterocycles. The summed E-state index contributed by atoms with van der Waals surface area (Å²) in [5.74, 6) is -6.27. The highest BCUT2D eigenvalue weighted by Gasteiger charge is 2.53. The maximum atomic E-state index is 15.5. The number of aliphatic hydroxyl groups excluding tert-OH is 1. The number of nitrogens with two attached hydrogens (primary N) is 1. The molecule has 2 bridgehead atoms. The van der Waals surface area contributed by atoms with E-state index >= 15 is 4.39 Å². The van der Waals surface area contributed by atoms with Crippen molar-refractivity contribution >= 4 is 34.9 Å². The number of aryl methyl sites for hydroxylation is 1. The monoisotopic (exact) mass is 915 g/mol. The van der Waals surface area contributed by atoms with Crippen molar-refractivity contribution in [1.82, 2.24) is 14.7 Å². The number of nitrogens with zero attached hydrogens (tertiary/aromatic N) is 5. The molecule has 3 saturated heterocycles. The Balaban J connectivity index is 1.66. The minimum Gasteiger partial charge on any atom is -0.459 e. The molecule has 0 unspecified atom stereocenters. The molecule has 3 fully saturated rings. The zero-order valence-electron chi connectivity index (χ0n) is 40.2. The smallest absolute Gasteiger partial charge is 0.316 e. The van der Waals surface area contributed by atoms with Crippen LogP contribution >= 0.6 is 0 Å². The number of aliphatic imine (C=N–C) groups is 1. The number of hydrogen-bond acceptors (Lipinski definition) is 15. The number of ether oxygens (including phenoxy) is 5. The van der Waals surface area contributed by atoms with E-state index in [-0.39, 0.29) is 56.1 Å². The van der Waals surface area contributed by atoms with Gasteiger partial charge in [-0.15, -0.1) is 0 Å². The summed E-state index contributed by atoms with van der Waals surface area (Å²) in [7, 11) is 3.70. The number of Topliss-reactive ketones (excluding diaryl/α,β-unsaturated/α-hetero) is 1. The molecule has 0 spiro atoms. The summed E-state index contributed by atoms with van der Waals surface area (Å²) in [4.78, 5) is 54.5.